The molecule has 2 aliphatic heterocycles. The summed E-state index contributed by atoms with van der Waals surface area (Å²) < 4.78 is 36.9. The zero-order valence-corrected chi connectivity index (χ0v) is 11.7. The van der Waals surface area contributed by atoms with Gasteiger partial charge in [0.1, 0.15) is 0 Å². The van der Waals surface area contributed by atoms with Crippen LogP contribution >= 0.6 is 0 Å². The predicted molar refractivity (Wildman–Crippen MR) is 69.5 cm³/mol. The molecule has 0 bridgehead atoms. The lowest BCUT2D eigenvalue weighted by molar-refractivity contribution is -0.148. The van der Waals surface area contributed by atoms with Crippen LogP contribution in [0.1, 0.15) is 25.7 Å². The van der Waals surface area contributed by atoms with Crippen LogP contribution < -0.4 is 0 Å². The summed E-state index contributed by atoms with van der Waals surface area (Å²) in [7, 11) is 0. The molecule has 2 heterocycles. The molecule has 4 nitrogen and oxygen atoms in total. The van der Waals surface area contributed by atoms with Crippen LogP contribution in [0.5, 0.6) is 0 Å². The van der Waals surface area contributed by atoms with Gasteiger partial charge < -0.3 is 9.80 Å². The van der Waals surface area contributed by atoms with Crippen molar-refractivity contribution in [1.82, 2.24) is 14.7 Å². The number of rotatable bonds is 1. The maximum atomic E-state index is 12.3. The molecule has 0 aromatic heterocycles. The molecule has 0 spiro atoms. The number of likely N-dealkylation sites (tertiary alicyclic amines) is 1. The van der Waals surface area contributed by atoms with Crippen LogP contribution in [0.3, 0.4) is 0 Å². The minimum atomic E-state index is -4.16. The molecule has 0 atom stereocenters. The Kier molecular flexibility index (Phi) is 5.12. The van der Waals surface area contributed by atoms with Gasteiger partial charge in [-0.05, 0) is 12.8 Å². The van der Waals surface area contributed by atoms with Crippen molar-refractivity contribution in [3.63, 3.8) is 0 Å². The van der Waals surface area contributed by atoms with E-state index in [4.69, 9.17) is 0 Å². The van der Waals surface area contributed by atoms with Crippen molar-refractivity contribution in [3.05, 3.63) is 0 Å². The fourth-order valence-electron chi connectivity index (χ4n) is 2.81. The van der Waals surface area contributed by atoms with Gasteiger partial charge in [-0.2, -0.15) is 13.2 Å². The molecule has 0 aliphatic carbocycles. The molecule has 2 amide bonds. The summed E-state index contributed by atoms with van der Waals surface area (Å²) in [5.41, 5.74) is 0. The second-order valence-corrected chi connectivity index (χ2v) is 5.56. The van der Waals surface area contributed by atoms with Crippen LogP contribution in [0.25, 0.3) is 0 Å². The summed E-state index contributed by atoms with van der Waals surface area (Å²) in [6.45, 7) is 2.08. The smallest absolute Gasteiger partial charge is 0.325 e. The van der Waals surface area contributed by atoms with Gasteiger partial charge in [0.15, 0.2) is 0 Å². The molecule has 0 radical (unpaired) electrons. The topological polar surface area (TPSA) is 26.8 Å². The number of carbonyl (C=O) groups is 1. The number of hydrogen-bond acceptors (Lipinski definition) is 2. The third-order valence-electron chi connectivity index (χ3n) is 3.92. The van der Waals surface area contributed by atoms with Crippen LogP contribution in [0.2, 0.25) is 0 Å². The molecule has 116 valence electrons. The number of urea groups is 1. The maximum Gasteiger partial charge on any atom is 0.401 e. The molecular formula is C13H22F3N3O. The molecule has 2 saturated heterocycles. The van der Waals surface area contributed by atoms with E-state index in [2.05, 4.69) is 0 Å². The van der Waals surface area contributed by atoms with E-state index in [1.165, 1.54) is 4.90 Å². The van der Waals surface area contributed by atoms with Crippen molar-refractivity contribution in [2.75, 3.05) is 45.8 Å². The average molecular weight is 293 g/mol. The maximum absolute atomic E-state index is 12.3. The van der Waals surface area contributed by atoms with Crippen molar-refractivity contribution in [1.29, 1.82) is 0 Å². The van der Waals surface area contributed by atoms with E-state index in [0.29, 0.717) is 26.2 Å². The summed E-state index contributed by atoms with van der Waals surface area (Å²) in [6, 6.07) is -0.00133. The lowest BCUT2D eigenvalue weighted by Gasteiger charge is -2.37. The highest BCUT2D eigenvalue weighted by molar-refractivity contribution is 5.74. The van der Waals surface area contributed by atoms with Crippen LogP contribution in [-0.4, -0.2) is 72.7 Å². The highest BCUT2D eigenvalue weighted by atomic mass is 19.4. The van der Waals surface area contributed by atoms with E-state index >= 15 is 0 Å². The first-order valence-electron chi connectivity index (χ1n) is 7.29. The number of halogens is 3. The predicted octanol–water partition coefficient (Wildman–Crippen LogP) is 2.16. The van der Waals surface area contributed by atoms with Crippen molar-refractivity contribution < 1.29 is 18.0 Å². The van der Waals surface area contributed by atoms with Gasteiger partial charge in [-0.3, -0.25) is 4.90 Å². The van der Waals surface area contributed by atoms with Crippen LogP contribution in [0.15, 0.2) is 0 Å². The molecule has 0 aromatic carbocycles. The first-order valence-corrected chi connectivity index (χ1v) is 7.29. The van der Waals surface area contributed by atoms with E-state index in [-0.39, 0.29) is 6.03 Å². The quantitative estimate of drug-likeness (QED) is 0.741. The number of carbonyl (C=O) groups excluding carboxylic acids is 1. The van der Waals surface area contributed by atoms with Crippen LogP contribution in [-0.2, 0) is 0 Å². The molecule has 2 aliphatic rings. The first kappa shape index (κ1) is 15.4. The Morgan fingerprint density at radius 3 is 1.80 bits per heavy atom. The SMILES string of the molecule is O=C(N1CCCCCC1)N1CCN(CC(F)(F)F)CC1. The Bertz CT molecular complexity index is 319. The molecule has 0 unspecified atom stereocenters. The zero-order valence-electron chi connectivity index (χ0n) is 11.7. The molecule has 7 heteroatoms. The largest absolute Gasteiger partial charge is 0.401 e. The molecular weight excluding hydrogens is 271 g/mol. The second-order valence-electron chi connectivity index (χ2n) is 5.56. The minimum absolute atomic E-state index is 0.00133. The fourth-order valence-corrected chi connectivity index (χ4v) is 2.81. The minimum Gasteiger partial charge on any atom is -0.325 e. The number of hydrogen-bond donors (Lipinski definition) is 0. The Morgan fingerprint density at radius 1 is 0.800 bits per heavy atom. The molecule has 2 fully saturated rings. The third kappa shape index (κ3) is 4.54. The summed E-state index contributed by atoms with van der Waals surface area (Å²) >= 11 is 0. The molecule has 0 saturated carbocycles. The summed E-state index contributed by atoms with van der Waals surface area (Å²) in [4.78, 5) is 17.2. The standard InChI is InChI=1S/C13H22F3N3O/c14-13(15,16)11-17-7-9-19(10-8-17)12(20)18-5-3-1-2-4-6-18/h1-11H2. The summed E-state index contributed by atoms with van der Waals surface area (Å²) in [5.74, 6) is 0. The van der Waals surface area contributed by atoms with Gasteiger partial charge in [-0.1, -0.05) is 12.8 Å². The zero-order chi connectivity index (χ0) is 14.6. The lowest BCUT2D eigenvalue weighted by atomic mass is 10.2. The second kappa shape index (κ2) is 6.65. The van der Waals surface area contributed by atoms with E-state index in [1.807, 2.05) is 4.90 Å². The van der Waals surface area contributed by atoms with Gasteiger partial charge in [0.25, 0.3) is 0 Å². The summed E-state index contributed by atoms with van der Waals surface area (Å²) in [5, 5.41) is 0. The molecule has 2 rings (SSSR count). The van der Waals surface area contributed by atoms with Crippen molar-refractivity contribution >= 4 is 6.03 Å². The van der Waals surface area contributed by atoms with E-state index in [1.54, 1.807) is 4.90 Å². The first-order chi connectivity index (χ1) is 9.46. The average Bonchev–Trinajstić information content (AvgIpc) is 2.66. The molecule has 0 aromatic rings. The van der Waals surface area contributed by atoms with Crippen LogP contribution in [0.4, 0.5) is 18.0 Å². The Hall–Kier alpha value is -0.980. The van der Waals surface area contributed by atoms with Crippen molar-refractivity contribution in [3.8, 4) is 0 Å². The van der Waals surface area contributed by atoms with Gasteiger partial charge in [-0.25, -0.2) is 4.79 Å². The normalized spacial score (nSPS) is 22.8. The Balaban J connectivity index is 1.79. The van der Waals surface area contributed by atoms with Crippen LogP contribution in [0, 0.1) is 0 Å². The number of nitrogens with zero attached hydrogens (tertiary/aromatic N) is 3. The van der Waals surface area contributed by atoms with Crippen molar-refractivity contribution in [2.45, 2.75) is 31.9 Å². The van der Waals surface area contributed by atoms with Crippen molar-refractivity contribution in [2.24, 2.45) is 0 Å². The highest BCUT2D eigenvalue weighted by Crippen LogP contribution is 2.18. The number of alkyl halides is 3. The van der Waals surface area contributed by atoms with E-state index in [0.717, 1.165) is 38.8 Å². The van der Waals surface area contributed by atoms with Gasteiger partial charge in [0, 0.05) is 39.3 Å². The monoisotopic (exact) mass is 293 g/mol. The highest BCUT2D eigenvalue weighted by Gasteiger charge is 2.33. The van der Waals surface area contributed by atoms with Gasteiger partial charge in [0.05, 0.1) is 6.54 Å². The number of amides is 2. The van der Waals surface area contributed by atoms with Gasteiger partial charge >= 0.3 is 12.2 Å². The fraction of sp³-hybridized carbons (Fsp3) is 0.923. The lowest BCUT2D eigenvalue weighted by Crippen LogP contribution is -2.54. The number of piperazine rings is 1. The molecule has 20 heavy (non-hydrogen) atoms. The van der Waals surface area contributed by atoms with E-state index in [9.17, 15) is 18.0 Å². The van der Waals surface area contributed by atoms with Gasteiger partial charge in [-0.15, -0.1) is 0 Å². The molecule has 0 N–H and O–H groups in total. The van der Waals surface area contributed by atoms with Gasteiger partial charge in [0.2, 0.25) is 0 Å². The van der Waals surface area contributed by atoms with E-state index < -0.39 is 12.7 Å². The Morgan fingerprint density at radius 2 is 1.30 bits per heavy atom. The summed E-state index contributed by atoms with van der Waals surface area (Å²) in [6.07, 6.45) is 0.211. The third-order valence-corrected chi connectivity index (χ3v) is 3.92. The Labute approximate surface area is 117 Å².